The molecule has 2 aromatic rings. The van der Waals surface area contributed by atoms with E-state index in [-0.39, 0.29) is 22.3 Å². The second kappa shape index (κ2) is 9.61. The van der Waals surface area contributed by atoms with Crippen LogP contribution >= 0.6 is 0 Å². The molecule has 1 aromatic carbocycles. The lowest BCUT2D eigenvalue weighted by molar-refractivity contribution is -0.118. The molecule has 3 N–H and O–H groups in total. The fourth-order valence-corrected chi connectivity index (χ4v) is 4.23. The van der Waals surface area contributed by atoms with Crippen LogP contribution in [0.3, 0.4) is 0 Å². The number of nitrogens with zero attached hydrogens (tertiary/aromatic N) is 3. The maximum Gasteiger partial charge on any atom is 0.251 e. The Balaban J connectivity index is 2.21. The zero-order valence-corrected chi connectivity index (χ0v) is 17.7. The van der Waals surface area contributed by atoms with E-state index >= 15 is 0 Å². The molecule has 1 aromatic heterocycles. The number of sulfonamides is 1. The molecular weight excluding hydrogens is 396 g/mol. The number of nitrogens with one attached hydrogen (secondary N) is 3. The zero-order chi connectivity index (χ0) is 21.6. The first-order valence-electron chi connectivity index (χ1n) is 9.28. The van der Waals surface area contributed by atoms with E-state index < -0.39 is 27.9 Å². The van der Waals surface area contributed by atoms with Crippen LogP contribution in [0.5, 0.6) is 0 Å². The normalized spacial score (nSPS) is 12.8. The Morgan fingerprint density at radius 2 is 1.90 bits per heavy atom. The van der Waals surface area contributed by atoms with E-state index in [0.29, 0.717) is 13.1 Å². The highest BCUT2D eigenvalue weighted by Crippen LogP contribution is 2.17. The van der Waals surface area contributed by atoms with Crippen LogP contribution in [0.25, 0.3) is 0 Å². The molecule has 0 aliphatic carbocycles. The second-order valence-corrected chi connectivity index (χ2v) is 8.57. The van der Waals surface area contributed by atoms with Crippen LogP contribution in [-0.2, 0) is 14.8 Å². The van der Waals surface area contributed by atoms with Crippen LogP contribution < -0.4 is 10.6 Å². The van der Waals surface area contributed by atoms with Gasteiger partial charge in [-0.05, 0) is 24.1 Å². The quantitative estimate of drug-likeness (QED) is 0.556. The summed E-state index contributed by atoms with van der Waals surface area (Å²) in [5.41, 5.74) is 0.149. The van der Waals surface area contributed by atoms with Crippen molar-refractivity contribution in [3.8, 4) is 0 Å². The Morgan fingerprint density at radius 1 is 1.21 bits per heavy atom. The lowest BCUT2D eigenvalue weighted by Crippen LogP contribution is -2.47. The number of aromatic amines is 1. The monoisotopic (exact) mass is 422 g/mol. The molecule has 1 atom stereocenters. The maximum atomic E-state index is 12.7. The third-order valence-corrected chi connectivity index (χ3v) is 6.38. The molecule has 1 heterocycles. The topological polar surface area (TPSA) is 137 Å². The minimum absolute atomic E-state index is 0.0288. The first-order chi connectivity index (χ1) is 13.7. The van der Waals surface area contributed by atoms with Gasteiger partial charge < -0.3 is 5.32 Å². The SMILES string of the molecule is CCN(CC)S(=O)(=O)c1cccc(C(=O)NC(C(=O)Nc2ncn[nH]2)C(C)C)c1. The van der Waals surface area contributed by atoms with Crippen LogP contribution in [0.4, 0.5) is 5.95 Å². The van der Waals surface area contributed by atoms with Crippen molar-refractivity contribution in [1.82, 2.24) is 24.8 Å². The number of hydrogen-bond acceptors (Lipinski definition) is 6. The van der Waals surface area contributed by atoms with Crippen molar-refractivity contribution in [3.05, 3.63) is 36.2 Å². The van der Waals surface area contributed by atoms with Crippen LogP contribution in [0, 0.1) is 5.92 Å². The summed E-state index contributed by atoms with van der Waals surface area (Å²) in [5.74, 6) is -1.06. The summed E-state index contributed by atoms with van der Waals surface area (Å²) in [7, 11) is -3.70. The number of benzene rings is 1. The number of carbonyl (C=O) groups is 2. The average molecular weight is 423 g/mol. The van der Waals surface area contributed by atoms with Gasteiger partial charge in [0.25, 0.3) is 5.91 Å². The van der Waals surface area contributed by atoms with Crippen molar-refractivity contribution in [2.24, 2.45) is 5.92 Å². The van der Waals surface area contributed by atoms with Crippen molar-refractivity contribution in [2.45, 2.75) is 38.6 Å². The van der Waals surface area contributed by atoms with E-state index in [1.54, 1.807) is 27.7 Å². The lowest BCUT2D eigenvalue weighted by Gasteiger charge is -2.21. The van der Waals surface area contributed by atoms with Crippen molar-refractivity contribution < 1.29 is 18.0 Å². The third-order valence-electron chi connectivity index (χ3n) is 4.33. The molecule has 0 aliphatic rings. The maximum absolute atomic E-state index is 12.7. The van der Waals surface area contributed by atoms with Crippen LogP contribution in [0.15, 0.2) is 35.5 Å². The number of anilines is 1. The Kier molecular flexibility index (Phi) is 7.46. The predicted molar refractivity (Wildman–Crippen MR) is 108 cm³/mol. The highest BCUT2D eigenvalue weighted by molar-refractivity contribution is 7.89. The van der Waals surface area contributed by atoms with Gasteiger partial charge in [0.2, 0.25) is 21.9 Å². The van der Waals surface area contributed by atoms with Crippen LogP contribution in [0.1, 0.15) is 38.1 Å². The number of amides is 2. The molecule has 0 aliphatic heterocycles. The van der Waals surface area contributed by atoms with Crippen molar-refractivity contribution in [2.75, 3.05) is 18.4 Å². The Labute approximate surface area is 170 Å². The van der Waals surface area contributed by atoms with Crippen molar-refractivity contribution in [3.63, 3.8) is 0 Å². The summed E-state index contributed by atoms with van der Waals surface area (Å²) in [6.07, 6.45) is 1.25. The molecule has 10 nitrogen and oxygen atoms in total. The van der Waals surface area contributed by atoms with E-state index in [4.69, 9.17) is 0 Å². The summed E-state index contributed by atoms with van der Waals surface area (Å²) in [5, 5.41) is 11.4. The molecule has 0 spiro atoms. The van der Waals surface area contributed by atoms with Gasteiger partial charge in [-0.15, -0.1) is 0 Å². The summed E-state index contributed by atoms with van der Waals surface area (Å²) >= 11 is 0. The van der Waals surface area contributed by atoms with Gasteiger partial charge in [0.05, 0.1) is 4.90 Å². The summed E-state index contributed by atoms with van der Waals surface area (Å²) < 4.78 is 26.7. The summed E-state index contributed by atoms with van der Waals surface area (Å²) in [6, 6.07) is 4.91. The van der Waals surface area contributed by atoms with E-state index in [9.17, 15) is 18.0 Å². The molecule has 158 valence electrons. The zero-order valence-electron chi connectivity index (χ0n) is 16.8. The molecule has 0 saturated heterocycles. The third kappa shape index (κ3) is 5.39. The molecular formula is C18H26N6O4S. The van der Waals surface area contributed by atoms with E-state index in [1.807, 2.05) is 0 Å². The van der Waals surface area contributed by atoms with Gasteiger partial charge in [0.1, 0.15) is 12.4 Å². The molecule has 2 amide bonds. The first-order valence-corrected chi connectivity index (χ1v) is 10.7. The van der Waals surface area contributed by atoms with Crippen LogP contribution in [0.2, 0.25) is 0 Å². The number of rotatable bonds is 9. The highest BCUT2D eigenvalue weighted by Gasteiger charge is 2.27. The predicted octanol–water partition coefficient (Wildman–Crippen LogP) is 1.23. The number of hydrogen-bond donors (Lipinski definition) is 3. The van der Waals surface area contributed by atoms with Gasteiger partial charge in [-0.2, -0.15) is 14.4 Å². The molecule has 11 heteroatoms. The molecule has 1 unspecified atom stereocenters. The fourth-order valence-electron chi connectivity index (χ4n) is 2.73. The van der Waals surface area contributed by atoms with Crippen molar-refractivity contribution in [1.29, 1.82) is 0 Å². The van der Waals surface area contributed by atoms with E-state index in [1.165, 1.54) is 34.9 Å². The summed E-state index contributed by atoms with van der Waals surface area (Å²) in [6.45, 7) is 7.72. The molecule has 0 fully saturated rings. The minimum Gasteiger partial charge on any atom is -0.340 e. The van der Waals surface area contributed by atoms with Gasteiger partial charge >= 0.3 is 0 Å². The van der Waals surface area contributed by atoms with Crippen LogP contribution in [-0.4, -0.2) is 58.9 Å². The number of aromatic nitrogens is 3. The molecule has 29 heavy (non-hydrogen) atoms. The highest BCUT2D eigenvalue weighted by atomic mass is 32.2. The number of H-pyrrole nitrogens is 1. The Hall–Kier alpha value is -2.79. The number of carbonyl (C=O) groups excluding carboxylic acids is 2. The molecule has 2 rings (SSSR count). The smallest absolute Gasteiger partial charge is 0.251 e. The second-order valence-electron chi connectivity index (χ2n) is 6.64. The van der Waals surface area contributed by atoms with E-state index in [0.717, 1.165) is 0 Å². The molecule has 0 radical (unpaired) electrons. The average Bonchev–Trinajstić information content (AvgIpc) is 3.19. The Morgan fingerprint density at radius 3 is 2.45 bits per heavy atom. The van der Waals surface area contributed by atoms with Gasteiger partial charge in [-0.3, -0.25) is 14.9 Å². The Bertz CT molecular complexity index is 939. The molecule has 0 saturated carbocycles. The van der Waals surface area contributed by atoms with Gasteiger partial charge in [0, 0.05) is 18.7 Å². The fraction of sp³-hybridized carbons (Fsp3) is 0.444. The van der Waals surface area contributed by atoms with Gasteiger partial charge in [-0.25, -0.2) is 13.5 Å². The largest absolute Gasteiger partial charge is 0.340 e. The lowest BCUT2D eigenvalue weighted by atomic mass is 10.0. The summed E-state index contributed by atoms with van der Waals surface area (Å²) in [4.78, 5) is 29.1. The molecule has 0 bridgehead atoms. The standard InChI is InChI=1S/C18H26N6O4S/c1-5-24(6-2)29(27,28)14-9-7-8-13(10-14)16(25)21-15(12(3)4)17(26)22-18-19-11-20-23-18/h7-12,15H,5-6H2,1-4H3,(H,21,25)(H2,19,20,22,23,26). The van der Waals surface area contributed by atoms with Gasteiger partial charge in [-0.1, -0.05) is 33.8 Å². The van der Waals surface area contributed by atoms with Crippen molar-refractivity contribution >= 4 is 27.8 Å². The van der Waals surface area contributed by atoms with Gasteiger partial charge in [0.15, 0.2) is 0 Å². The first kappa shape index (κ1) is 22.5. The van der Waals surface area contributed by atoms with E-state index in [2.05, 4.69) is 25.8 Å². The minimum atomic E-state index is -3.70.